The van der Waals surface area contributed by atoms with Crippen molar-refractivity contribution in [2.24, 2.45) is 5.92 Å². The highest BCUT2D eigenvalue weighted by molar-refractivity contribution is 6.30. The SMILES string of the molecule is O=C(CC1CC2CCC(C1)N2)N1CCN(C(=O)c2ccc(Cl)cc2)CC1. The van der Waals surface area contributed by atoms with E-state index in [9.17, 15) is 9.59 Å². The van der Waals surface area contributed by atoms with Gasteiger partial charge in [-0.05, 0) is 55.9 Å². The van der Waals surface area contributed by atoms with Crippen LogP contribution in [0.2, 0.25) is 5.02 Å². The molecule has 26 heavy (non-hydrogen) atoms. The average molecular weight is 376 g/mol. The first-order chi connectivity index (χ1) is 12.6. The van der Waals surface area contributed by atoms with Gasteiger partial charge in [0.15, 0.2) is 0 Å². The van der Waals surface area contributed by atoms with Crippen LogP contribution in [0.1, 0.15) is 42.5 Å². The highest BCUT2D eigenvalue weighted by atomic mass is 35.5. The summed E-state index contributed by atoms with van der Waals surface area (Å²) in [6.07, 6.45) is 5.47. The minimum Gasteiger partial charge on any atom is -0.339 e. The van der Waals surface area contributed by atoms with Crippen molar-refractivity contribution in [1.82, 2.24) is 15.1 Å². The minimum atomic E-state index is 0.0173. The van der Waals surface area contributed by atoms with E-state index in [4.69, 9.17) is 11.6 Å². The van der Waals surface area contributed by atoms with Crippen LogP contribution in [-0.4, -0.2) is 59.9 Å². The summed E-state index contributed by atoms with van der Waals surface area (Å²) in [5.74, 6) is 0.800. The van der Waals surface area contributed by atoms with Gasteiger partial charge in [-0.2, -0.15) is 0 Å². The number of hydrogen-bond donors (Lipinski definition) is 1. The van der Waals surface area contributed by atoms with Gasteiger partial charge in [0.1, 0.15) is 0 Å². The molecule has 3 aliphatic rings. The average Bonchev–Trinajstić information content (AvgIpc) is 3.00. The molecule has 2 amide bonds. The van der Waals surface area contributed by atoms with Crippen molar-refractivity contribution in [3.8, 4) is 0 Å². The van der Waals surface area contributed by atoms with Crippen molar-refractivity contribution < 1.29 is 9.59 Å². The fraction of sp³-hybridized carbons (Fsp3) is 0.600. The Hall–Kier alpha value is -1.59. The van der Waals surface area contributed by atoms with E-state index in [2.05, 4.69) is 5.32 Å². The molecule has 1 N–H and O–H groups in total. The van der Waals surface area contributed by atoms with E-state index in [0.29, 0.717) is 61.2 Å². The molecule has 4 rings (SSSR count). The lowest BCUT2D eigenvalue weighted by Crippen LogP contribution is -2.51. The maximum Gasteiger partial charge on any atom is 0.253 e. The molecule has 1 aromatic carbocycles. The molecule has 2 bridgehead atoms. The maximum absolute atomic E-state index is 12.7. The molecule has 3 fully saturated rings. The monoisotopic (exact) mass is 375 g/mol. The number of halogens is 1. The molecule has 3 aliphatic heterocycles. The normalized spacial score (nSPS) is 28.3. The van der Waals surface area contributed by atoms with Crippen LogP contribution in [0.25, 0.3) is 0 Å². The van der Waals surface area contributed by atoms with Gasteiger partial charge in [-0.25, -0.2) is 0 Å². The van der Waals surface area contributed by atoms with Gasteiger partial charge in [-0.1, -0.05) is 11.6 Å². The third kappa shape index (κ3) is 3.89. The van der Waals surface area contributed by atoms with Crippen molar-refractivity contribution in [2.75, 3.05) is 26.2 Å². The van der Waals surface area contributed by atoms with Gasteiger partial charge in [0.2, 0.25) is 5.91 Å². The number of hydrogen-bond acceptors (Lipinski definition) is 3. The number of rotatable bonds is 3. The number of nitrogens with one attached hydrogen (secondary N) is 1. The molecule has 0 spiro atoms. The van der Waals surface area contributed by atoms with Crippen molar-refractivity contribution in [1.29, 1.82) is 0 Å². The lowest BCUT2D eigenvalue weighted by atomic mass is 9.89. The number of piperazine rings is 1. The Bertz CT molecular complexity index is 658. The molecular weight excluding hydrogens is 350 g/mol. The number of fused-ring (bicyclic) bond motifs is 2. The van der Waals surface area contributed by atoms with Crippen LogP contribution >= 0.6 is 11.6 Å². The van der Waals surface area contributed by atoms with Gasteiger partial charge in [0.25, 0.3) is 5.91 Å². The number of benzene rings is 1. The summed E-state index contributed by atoms with van der Waals surface area (Å²) < 4.78 is 0. The second kappa shape index (κ2) is 7.57. The van der Waals surface area contributed by atoms with Crippen LogP contribution in [0.3, 0.4) is 0 Å². The van der Waals surface area contributed by atoms with Crippen LogP contribution < -0.4 is 5.32 Å². The van der Waals surface area contributed by atoms with Gasteiger partial charge in [-0.3, -0.25) is 9.59 Å². The maximum atomic E-state index is 12.7. The molecule has 0 aromatic heterocycles. The predicted molar refractivity (Wildman–Crippen MR) is 101 cm³/mol. The number of piperidine rings is 1. The van der Waals surface area contributed by atoms with Crippen LogP contribution in [0.4, 0.5) is 0 Å². The third-order valence-corrected chi connectivity index (χ3v) is 6.30. The molecular formula is C20H26ClN3O2. The first kappa shape index (κ1) is 17.8. The smallest absolute Gasteiger partial charge is 0.253 e. The Labute approximate surface area is 159 Å². The molecule has 3 heterocycles. The summed E-state index contributed by atoms with van der Waals surface area (Å²) >= 11 is 5.88. The number of carbonyl (C=O) groups is 2. The molecule has 140 valence electrons. The van der Waals surface area contributed by atoms with E-state index in [-0.39, 0.29) is 11.8 Å². The summed E-state index contributed by atoms with van der Waals surface area (Å²) in [4.78, 5) is 29.0. The summed E-state index contributed by atoms with van der Waals surface area (Å²) in [5, 5.41) is 4.26. The molecule has 6 heteroatoms. The standard InChI is InChI=1S/C20H26ClN3O2/c21-16-3-1-15(2-4-16)20(26)24-9-7-23(8-10-24)19(25)13-14-11-17-5-6-18(12-14)22-17/h1-4,14,17-18,22H,5-13H2. The largest absolute Gasteiger partial charge is 0.339 e. The summed E-state index contributed by atoms with van der Waals surface area (Å²) in [5.41, 5.74) is 0.652. The Morgan fingerprint density at radius 3 is 2.15 bits per heavy atom. The highest BCUT2D eigenvalue weighted by Crippen LogP contribution is 2.33. The molecule has 3 saturated heterocycles. The third-order valence-electron chi connectivity index (χ3n) is 6.04. The van der Waals surface area contributed by atoms with Gasteiger partial charge in [-0.15, -0.1) is 0 Å². The van der Waals surface area contributed by atoms with Gasteiger partial charge in [0.05, 0.1) is 0 Å². The molecule has 2 unspecified atom stereocenters. The van der Waals surface area contributed by atoms with Crippen LogP contribution in [0, 0.1) is 5.92 Å². The molecule has 0 aliphatic carbocycles. The zero-order valence-corrected chi connectivity index (χ0v) is 15.8. The van der Waals surface area contributed by atoms with Crippen LogP contribution in [-0.2, 0) is 4.79 Å². The van der Waals surface area contributed by atoms with E-state index in [1.165, 1.54) is 12.8 Å². The van der Waals surface area contributed by atoms with Gasteiger partial charge >= 0.3 is 0 Å². The number of amides is 2. The van der Waals surface area contributed by atoms with Gasteiger partial charge in [0, 0.05) is 55.3 Å². The second-order valence-electron chi connectivity index (χ2n) is 7.86. The van der Waals surface area contributed by atoms with Gasteiger partial charge < -0.3 is 15.1 Å². The highest BCUT2D eigenvalue weighted by Gasteiger charge is 2.35. The molecule has 0 radical (unpaired) electrons. The van der Waals surface area contributed by atoms with Crippen LogP contribution in [0.15, 0.2) is 24.3 Å². The molecule has 1 aromatic rings. The number of nitrogens with zero attached hydrogens (tertiary/aromatic N) is 2. The van der Waals surface area contributed by atoms with Crippen molar-refractivity contribution in [3.05, 3.63) is 34.9 Å². The molecule has 2 atom stereocenters. The number of carbonyl (C=O) groups excluding carboxylic acids is 2. The Morgan fingerprint density at radius 2 is 1.54 bits per heavy atom. The zero-order chi connectivity index (χ0) is 18.1. The summed E-state index contributed by atoms with van der Waals surface area (Å²) in [7, 11) is 0. The van der Waals surface area contributed by atoms with E-state index in [1.807, 2.05) is 9.80 Å². The van der Waals surface area contributed by atoms with E-state index < -0.39 is 0 Å². The Morgan fingerprint density at radius 1 is 0.962 bits per heavy atom. The Balaban J connectivity index is 1.27. The molecule has 5 nitrogen and oxygen atoms in total. The van der Waals surface area contributed by atoms with Crippen molar-refractivity contribution in [2.45, 2.75) is 44.2 Å². The molecule has 0 saturated carbocycles. The lowest BCUT2D eigenvalue weighted by molar-refractivity contribution is -0.134. The fourth-order valence-corrected chi connectivity index (χ4v) is 4.78. The minimum absolute atomic E-state index is 0.0173. The Kier molecular flexibility index (Phi) is 5.18. The quantitative estimate of drug-likeness (QED) is 0.883. The fourth-order valence-electron chi connectivity index (χ4n) is 4.65. The first-order valence-corrected chi connectivity index (χ1v) is 10.0. The summed E-state index contributed by atoms with van der Waals surface area (Å²) in [6, 6.07) is 8.24. The topological polar surface area (TPSA) is 52.7 Å². The second-order valence-corrected chi connectivity index (χ2v) is 8.30. The zero-order valence-electron chi connectivity index (χ0n) is 15.0. The van der Waals surface area contributed by atoms with Crippen molar-refractivity contribution >= 4 is 23.4 Å². The van der Waals surface area contributed by atoms with E-state index in [1.54, 1.807) is 24.3 Å². The predicted octanol–water partition coefficient (Wildman–Crippen LogP) is 2.55. The van der Waals surface area contributed by atoms with E-state index in [0.717, 1.165) is 12.8 Å². The summed E-state index contributed by atoms with van der Waals surface area (Å²) in [6.45, 7) is 2.47. The van der Waals surface area contributed by atoms with Crippen LogP contribution in [0.5, 0.6) is 0 Å². The first-order valence-electron chi connectivity index (χ1n) is 9.67. The van der Waals surface area contributed by atoms with Crippen molar-refractivity contribution in [3.63, 3.8) is 0 Å². The lowest BCUT2D eigenvalue weighted by Gasteiger charge is -2.36. The van der Waals surface area contributed by atoms with E-state index >= 15 is 0 Å².